The number of unbranched alkanes of at least 4 members (excludes halogenated alkanes) is 1. The average molecular weight is 257 g/mol. The maximum Gasteiger partial charge on any atom is 0.104 e. The van der Waals surface area contributed by atoms with Crippen molar-refractivity contribution in [3.05, 3.63) is 35.4 Å². The molecule has 0 amide bonds. The molecule has 0 atom stereocenters. The molecule has 1 aromatic carbocycles. The Morgan fingerprint density at radius 2 is 2.00 bits per heavy atom. The SMILES string of the molecule is CCCCN(Cc1ccc(C#CCO)cc1)C1CC1. The zero-order valence-corrected chi connectivity index (χ0v) is 11.7. The minimum Gasteiger partial charge on any atom is -0.384 e. The molecule has 1 aliphatic carbocycles. The normalized spacial score (nSPS) is 14.3. The summed E-state index contributed by atoms with van der Waals surface area (Å²) in [6.07, 6.45) is 5.28. The molecule has 102 valence electrons. The summed E-state index contributed by atoms with van der Waals surface area (Å²) in [5, 5.41) is 8.67. The molecular formula is C17H23NO. The van der Waals surface area contributed by atoms with Crippen molar-refractivity contribution in [2.75, 3.05) is 13.2 Å². The Kier molecular flexibility index (Phi) is 5.44. The van der Waals surface area contributed by atoms with Crippen LogP contribution >= 0.6 is 0 Å². The number of rotatable bonds is 6. The van der Waals surface area contributed by atoms with Crippen molar-refractivity contribution in [1.29, 1.82) is 0 Å². The molecule has 0 bridgehead atoms. The predicted molar refractivity (Wildman–Crippen MR) is 78.7 cm³/mol. The summed E-state index contributed by atoms with van der Waals surface area (Å²) < 4.78 is 0. The van der Waals surface area contributed by atoms with E-state index in [4.69, 9.17) is 5.11 Å². The van der Waals surface area contributed by atoms with E-state index in [-0.39, 0.29) is 6.61 Å². The van der Waals surface area contributed by atoms with Gasteiger partial charge in [-0.2, -0.15) is 0 Å². The van der Waals surface area contributed by atoms with E-state index in [0.29, 0.717) is 0 Å². The number of benzene rings is 1. The second kappa shape index (κ2) is 7.33. The first-order valence-electron chi connectivity index (χ1n) is 7.26. The third-order valence-corrected chi connectivity index (χ3v) is 3.51. The highest BCUT2D eigenvalue weighted by Crippen LogP contribution is 2.28. The van der Waals surface area contributed by atoms with Crippen molar-refractivity contribution in [2.24, 2.45) is 0 Å². The minimum atomic E-state index is -0.0752. The molecule has 2 rings (SSSR count). The molecule has 0 saturated heterocycles. The summed E-state index contributed by atoms with van der Waals surface area (Å²) in [7, 11) is 0. The average Bonchev–Trinajstić information content (AvgIpc) is 3.27. The van der Waals surface area contributed by atoms with Crippen molar-refractivity contribution in [1.82, 2.24) is 4.90 Å². The van der Waals surface area contributed by atoms with E-state index in [1.54, 1.807) is 0 Å². The van der Waals surface area contributed by atoms with Crippen LogP contribution in [0.3, 0.4) is 0 Å². The summed E-state index contributed by atoms with van der Waals surface area (Å²) in [5.74, 6) is 5.61. The summed E-state index contributed by atoms with van der Waals surface area (Å²) >= 11 is 0. The van der Waals surface area contributed by atoms with E-state index < -0.39 is 0 Å². The third kappa shape index (κ3) is 4.70. The maximum atomic E-state index is 8.67. The molecule has 0 unspecified atom stereocenters. The highest BCUT2D eigenvalue weighted by Gasteiger charge is 2.28. The van der Waals surface area contributed by atoms with Crippen molar-refractivity contribution < 1.29 is 5.11 Å². The first-order chi connectivity index (χ1) is 9.33. The Hall–Kier alpha value is -1.30. The standard InChI is InChI=1S/C17H23NO/c1-2-3-12-18(17-10-11-17)14-16-8-6-15(7-9-16)5-4-13-19/h6-9,17,19H,2-3,10-14H2,1H3. The first kappa shape index (κ1) is 14.1. The zero-order chi connectivity index (χ0) is 13.5. The fourth-order valence-electron chi connectivity index (χ4n) is 2.26. The Labute approximate surface area is 116 Å². The van der Waals surface area contributed by atoms with Crippen LogP contribution in [0, 0.1) is 11.8 Å². The van der Waals surface area contributed by atoms with Gasteiger partial charge in [-0.05, 0) is 43.5 Å². The van der Waals surface area contributed by atoms with Crippen molar-refractivity contribution in [2.45, 2.75) is 45.2 Å². The Balaban J connectivity index is 1.93. The Morgan fingerprint density at radius 3 is 2.58 bits per heavy atom. The number of aliphatic hydroxyl groups excluding tert-OH is 1. The van der Waals surface area contributed by atoms with E-state index >= 15 is 0 Å². The molecule has 1 fully saturated rings. The number of aliphatic hydroxyl groups is 1. The summed E-state index contributed by atoms with van der Waals surface area (Å²) in [4.78, 5) is 2.61. The van der Waals surface area contributed by atoms with Gasteiger partial charge in [0.2, 0.25) is 0 Å². The van der Waals surface area contributed by atoms with Crippen LogP contribution in [-0.4, -0.2) is 29.2 Å². The van der Waals surface area contributed by atoms with Gasteiger partial charge in [-0.25, -0.2) is 0 Å². The van der Waals surface area contributed by atoms with Crippen molar-refractivity contribution >= 4 is 0 Å². The quantitative estimate of drug-likeness (QED) is 0.792. The molecule has 1 aromatic rings. The van der Waals surface area contributed by atoms with Gasteiger partial charge >= 0.3 is 0 Å². The van der Waals surface area contributed by atoms with Gasteiger partial charge in [0.25, 0.3) is 0 Å². The lowest BCUT2D eigenvalue weighted by Crippen LogP contribution is -2.26. The topological polar surface area (TPSA) is 23.5 Å². The van der Waals surface area contributed by atoms with Gasteiger partial charge in [-0.3, -0.25) is 4.90 Å². The highest BCUT2D eigenvalue weighted by atomic mass is 16.2. The zero-order valence-electron chi connectivity index (χ0n) is 11.7. The van der Waals surface area contributed by atoms with E-state index in [2.05, 4.69) is 35.8 Å². The van der Waals surface area contributed by atoms with Crippen LogP contribution in [0.1, 0.15) is 43.7 Å². The van der Waals surface area contributed by atoms with Crippen LogP contribution in [0.4, 0.5) is 0 Å². The van der Waals surface area contributed by atoms with Gasteiger partial charge in [0.15, 0.2) is 0 Å². The number of hydrogen-bond donors (Lipinski definition) is 1. The lowest BCUT2D eigenvalue weighted by molar-refractivity contribution is 0.250. The summed E-state index contributed by atoms with van der Waals surface area (Å²) in [6, 6.07) is 9.22. The minimum absolute atomic E-state index is 0.0752. The van der Waals surface area contributed by atoms with Gasteiger partial charge in [0.1, 0.15) is 6.61 Å². The number of nitrogens with zero attached hydrogens (tertiary/aromatic N) is 1. The van der Waals surface area contributed by atoms with Crippen LogP contribution in [0.5, 0.6) is 0 Å². The van der Waals surface area contributed by atoms with E-state index in [9.17, 15) is 0 Å². The van der Waals surface area contributed by atoms with Gasteiger partial charge in [-0.15, -0.1) is 0 Å². The molecule has 1 aliphatic rings. The predicted octanol–water partition coefficient (Wildman–Crippen LogP) is 2.79. The number of hydrogen-bond acceptors (Lipinski definition) is 2. The largest absolute Gasteiger partial charge is 0.384 e. The lowest BCUT2D eigenvalue weighted by Gasteiger charge is -2.21. The molecule has 2 nitrogen and oxygen atoms in total. The summed E-state index contributed by atoms with van der Waals surface area (Å²) in [6.45, 7) is 4.44. The van der Waals surface area contributed by atoms with Gasteiger partial charge in [0.05, 0.1) is 0 Å². The molecule has 0 radical (unpaired) electrons. The second-order valence-electron chi connectivity index (χ2n) is 5.21. The third-order valence-electron chi connectivity index (χ3n) is 3.51. The Morgan fingerprint density at radius 1 is 1.26 bits per heavy atom. The van der Waals surface area contributed by atoms with Gasteiger partial charge in [-0.1, -0.05) is 37.3 Å². The van der Waals surface area contributed by atoms with Crippen LogP contribution < -0.4 is 0 Å². The van der Waals surface area contributed by atoms with E-state index in [1.807, 2.05) is 12.1 Å². The van der Waals surface area contributed by atoms with Crippen LogP contribution in [-0.2, 0) is 6.54 Å². The second-order valence-corrected chi connectivity index (χ2v) is 5.21. The molecule has 19 heavy (non-hydrogen) atoms. The monoisotopic (exact) mass is 257 g/mol. The molecule has 1 saturated carbocycles. The van der Waals surface area contributed by atoms with Crippen molar-refractivity contribution in [3.63, 3.8) is 0 Å². The van der Waals surface area contributed by atoms with Gasteiger partial charge in [0, 0.05) is 18.2 Å². The van der Waals surface area contributed by atoms with Crippen LogP contribution in [0.2, 0.25) is 0 Å². The summed E-state index contributed by atoms with van der Waals surface area (Å²) in [5.41, 5.74) is 2.34. The fraction of sp³-hybridized carbons (Fsp3) is 0.529. The van der Waals surface area contributed by atoms with E-state index in [1.165, 1.54) is 37.8 Å². The lowest BCUT2D eigenvalue weighted by atomic mass is 10.1. The Bertz CT molecular complexity index is 437. The fourth-order valence-corrected chi connectivity index (χ4v) is 2.26. The molecular weight excluding hydrogens is 234 g/mol. The van der Waals surface area contributed by atoms with Crippen LogP contribution in [0.25, 0.3) is 0 Å². The smallest absolute Gasteiger partial charge is 0.104 e. The first-order valence-corrected chi connectivity index (χ1v) is 7.26. The molecule has 0 aliphatic heterocycles. The van der Waals surface area contributed by atoms with Gasteiger partial charge < -0.3 is 5.11 Å². The molecule has 0 spiro atoms. The molecule has 0 heterocycles. The highest BCUT2D eigenvalue weighted by molar-refractivity contribution is 5.36. The molecule has 2 heteroatoms. The van der Waals surface area contributed by atoms with E-state index in [0.717, 1.165) is 18.2 Å². The molecule has 1 N–H and O–H groups in total. The molecule has 0 aromatic heterocycles. The van der Waals surface area contributed by atoms with Crippen LogP contribution in [0.15, 0.2) is 24.3 Å². The maximum absolute atomic E-state index is 8.67. The van der Waals surface area contributed by atoms with Crippen molar-refractivity contribution in [3.8, 4) is 11.8 Å².